The molecule has 0 fully saturated rings. The molecule has 0 saturated heterocycles. The molecule has 0 spiro atoms. The van der Waals surface area contributed by atoms with Crippen LogP contribution in [0.1, 0.15) is 22.7 Å². The summed E-state index contributed by atoms with van der Waals surface area (Å²) in [5, 5.41) is 3.18. The van der Waals surface area contributed by atoms with E-state index in [4.69, 9.17) is 16.3 Å². The Bertz CT molecular complexity index is 472. The molecule has 1 aromatic heterocycles. The van der Waals surface area contributed by atoms with E-state index in [9.17, 15) is 0 Å². The van der Waals surface area contributed by atoms with E-state index in [-0.39, 0.29) is 0 Å². The normalized spacial score (nSPS) is 10.8. The minimum absolute atomic E-state index is 0.504. The lowest BCUT2D eigenvalue weighted by Gasteiger charge is -2.03. The summed E-state index contributed by atoms with van der Waals surface area (Å²) in [6.45, 7) is 1.58. The van der Waals surface area contributed by atoms with Crippen LogP contribution in [0.2, 0.25) is 0 Å². The number of hydrogen-bond acceptors (Lipinski definition) is 3. The third-order valence-electron chi connectivity index (χ3n) is 2.79. The van der Waals surface area contributed by atoms with Crippen LogP contribution in [-0.4, -0.2) is 18.2 Å². The number of ether oxygens (including phenoxy) is 1. The molecule has 0 bridgehead atoms. The minimum Gasteiger partial charge on any atom is -0.381 e. The number of aryl methyl sites for hydroxylation is 1. The highest BCUT2D eigenvalue weighted by Crippen LogP contribution is 2.13. The molecular formula is C15H18ClNOS. The van der Waals surface area contributed by atoms with Crippen molar-refractivity contribution < 1.29 is 4.74 Å². The van der Waals surface area contributed by atoms with Crippen LogP contribution >= 0.6 is 22.9 Å². The average molecular weight is 296 g/mol. The molecule has 0 aliphatic carbocycles. The summed E-state index contributed by atoms with van der Waals surface area (Å²) in [4.78, 5) is 4.43. The maximum absolute atomic E-state index is 5.72. The second-order valence-corrected chi connectivity index (χ2v) is 5.53. The molecule has 0 atom stereocenters. The molecule has 102 valence electrons. The lowest BCUT2D eigenvalue weighted by molar-refractivity contribution is 0.135. The van der Waals surface area contributed by atoms with Crippen molar-refractivity contribution in [3.8, 4) is 0 Å². The quantitative estimate of drug-likeness (QED) is 0.541. The van der Waals surface area contributed by atoms with Gasteiger partial charge >= 0.3 is 0 Å². The second kappa shape index (κ2) is 8.31. The molecule has 0 amide bonds. The molecule has 0 aliphatic heterocycles. The molecule has 2 aromatic rings. The van der Waals surface area contributed by atoms with Gasteiger partial charge in [0, 0.05) is 18.4 Å². The Kier molecular flexibility index (Phi) is 6.34. The number of aromatic nitrogens is 1. The summed E-state index contributed by atoms with van der Waals surface area (Å²) in [6.07, 6.45) is 2.98. The van der Waals surface area contributed by atoms with Gasteiger partial charge in [0.15, 0.2) is 0 Å². The smallest absolute Gasteiger partial charge is 0.0929 e. The van der Waals surface area contributed by atoms with Gasteiger partial charge in [0.05, 0.1) is 23.2 Å². The average Bonchev–Trinajstić information content (AvgIpc) is 2.92. The second-order valence-electron chi connectivity index (χ2n) is 4.32. The number of benzene rings is 1. The number of nitrogens with zero attached hydrogens (tertiary/aromatic N) is 1. The van der Waals surface area contributed by atoms with Crippen LogP contribution in [0.3, 0.4) is 0 Å². The Morgan fingerprint density at radius 1 is 1.11 bits per heavy atom. The van der Waals surface area contributed by atoms with E-state index in [0.29, 0.717) is 5.88 Å². The number of hydrogen-bond donors (Lipinski definition) is 0. The van der Waals surface area contributed by atoms with Crippen molar-refractivity contribution in [3.05, 3.63) is 52.0 Å². The van der Waals surface area contributed by atoms with E-state index in [2.05, 4.69) is 29.2 Å². The van der Waals surface area contributed by atoms with Gasteiger partial charge < -0.3 is 4.74 Å². The molecule has 1 heterocycles. The van der Waals surface area contributed by atoms with Gasteiger partial charge in [0.2, 0.25) is 0 Å². The molecule has 0 N–H and O–H groups in total. The van der Waals surface area contributed by atoms with E-state index in [1.807, 2.05) is 11.4 Å². The molecule has 2 nitrogen and oxygen atoms in total. The molecular weight excluding hydrogens is 278 g/mol. The Hall–Kier alpha value is -0.900. The van der Waals surface area contributed by atoms with Crippen molar-refractivity contribution in [2.45, 2.75) is 25.1 Å². The van der Waals surface area contributed by atoms with Crippen LogP contribution in [0.4, 0.5) is 0 Å². The largest absolute Gasteiger partial charge is 0.381 e. The third-order valence-corrected chi connectivity index (χ3v) is 4.02. The van der Waals surface area contributed by atoms with Gasteiger partial charge in [-0.2, -0.15) is 0 Å². The molecule has 0 unspecified atom stereocenters. The zero-order valence-electron chi connectivity index (χ0n) is 10.8. The van der Waals surface area contributed by atoms with Crippen LogP contribution in [0.15, 0.2) is 35.7 Å². The van der Waals surface area contributed by atoms with Crippen LogP contribution < -0.4 is 0 Å². The van der Waals surface area contributed by atoms with Gasteiger partial charge in [-0.15, -0.1) is 22.9 Å². The van der Waals surface area contributed by atoms with E-state index in [1.165, 1.54) is 5.56 Å². The van der Waals surface area contributed by atoms with E-state index < -0.39 is 0 Å². The molecule has 19 heavy (non-hydrogen) atoms. The summed E-state index contributed by atoms with van der Waals surface area (Å²) in [5.74, 6) is 0.504. The Labute approximate surface area is 123 Å². The van der Waals surface area contributed by atoms with Crippen molar-refractivity contribution in [3.63, 3.8) is 0 Å². The summed E-state index contributed by atoms with van der Waals surface area (Å²) >= 11 is 7.40. The summed E-state index contributed by atoms with van der Waals surface area (Å²) in [7, 11) is 0. The first-order chi connectivity index (χ1) is 9.38. The molecule has 0 radical (unpaired) electrons. The van der Waals surface area contributed by atoms with Gasteiger partial charge in [-0.3, -0.25) is 0 Å². The first-order valence-corrected chi connectivity index (χ1v) is 7.91. The Balaban J connectivity index is 1.55. The monoisotopic (exact) mass is 295 g/mol. The van der Waals surface area contributed by atoms with E-state index in [0.717, 1.165) is 43.2 Å². The summed E-state index contributed by atoms with van der Waals surface area (Å²) < 4.78 is 5.64. The van der Waals surface area contributed by atoms with Gasteiger partial charge in [0.25, 0.3) is 0 Å². The first kappa shape index (κ1) is 14.5. The van der Waals surface area contributed by atoms with Crippen molar-refractivity contribution >= 4 is 22.9 Å². The van der Waals surface area contributed by atoms with Crippen molar-refractivity contribution in [1.82, 2.24) is 4.98 Å². The fourth-order valence-electron chi connectivity index (χ4n) is 1.79. The lowest BCUT2D eigenvalue weighted by atomic mass is 10.2. The fourth-order valence-corrected chi connectivity index (χ4v) is 2.86. The highest BCUT2D eigenvalue weighted by molar-refractivity contribution is 7.09. The Morgan fingerprint density at radius 3 is 2.68 bits per heavy atom. The molecule has 0 aliphatic rings. The van der Waals surface area contributed by atoms with Crippen LogP contribution in [0.25, 0.3) is 0 Å². The van der Waals surface area contributed by atoms with Gasteiger partial charge in [-0.1, -0.05) is 30.3 Å². The predicted molar refractivity (Wildman–Crippen MR) is 81.0 cm³/mol. The minimum atomic E-state index is 0.504. The van der Waals surface area contributed by atoms with Crippen LogP contribution in [-0.2, 0) is 23.5 Å². The fraction of sp³-hybridized carbons (Fsp3) is 0.400. The summed E-state index contributed by atoms with van der Waals surface area (Å²) in [6, 6.07) is 10.4. The van der Waals surface area contributed by atoms with E-state index in [1.54, 1.807) is 11.3 Å². The molecule has 4 heteroatoms. The third kappa shape index (κ3) is 5.31. The van der Waals surface area contributed by atoms with Gasteiger partial charge in [-0.25, -0.2) is 4.98 Å². The van der Waals surface area contributed by atoms with Crippen LogP contribution in [0, 0.1) is 0 Å². The van der Waals surface area contributed by atoms with E-state index >= 15 is 0 Å². The number of rotatable bonds is 8. The standard InChI is InChI=1S/C15H18ClNOS/c16-11-14-12-19-15(17-14)7-4-9-18-10-8-13-5-2-1-3-6-13/h1-3,5-6,12H,4,7-11H2. The molecule has 2 rings (SSSR count). The summed E-state index contributed by atoms with van der Waals surface area (Å²) in [5.41, 5.74) is 2.31. The topological polar surface area (TPSA) is 22.1 Å². The SMILES string of the molecule is ClCc1csc(CCCOCCc2ccccc2)n1. The lowest BCUT2D eigenvalue weighted by Crippen LogP contribution is -2.01. The van der Waals surface area contributed by atoms with Gasteiger partial charge in [-0.05, 0) is 18.4 Å². The molecule has 0 saturated carbocycles. The number of thiazole rings is 1. The highest BCUT2D eigenvalue weighted by Gasteiger charge is 2.00. The maximum atomic E-state index is 5.72. The van der Waals surface area contributed by atoms with Gasteiger partial charge in [0.1, 0.15) is 0 Å². The zero-order valence-corrected chi connectivity index (χ0v) is 12.4. The van der Waals surface area contributed by atoms with Crippen molar-refractivity contribution in [1.29, 1.82) is 0 Å². The maximum Gasteiger partial charge on any atom is 0.0929 e. The predicted octanol–water partition coefficient (Wildman–Crippen LogP) is 4.07. The Morgan fingerprint density at radius 2 is 1.95 bits per heavy atom. The zero-order chi connectivity index (χ0) is 13.3. The molecule has 1 aromatic carbocycles. The number of alkyl halides is 1. The highest BCUT2D eigenvalue weighted by atomic mass is 35.5. The van der Waals surface area contributed by atoms with Crippen molar-refractivity contribution in [2.75, 3.05) is 13.2 Å². The number of halogens is 1. The first-order valence-electron chi connectivity index (χ1n) is 6.49. The van der Waals surface area contributed by atoms with Crippen molar-refractivity contribution in [2.24, 2.45) is 0 Å². The van der Waals surface area contributed by atoms with Crippen LogP contribution in [0.5, 0.6) is 0 Å².